The highest BCUT2D eigenvalue weighted by molar-refractivity contribution is 5.98. The molecule has 2 rings (SSSR count). The van der Waals surface area contributed by atoms with Crippen LogP contribution in [0.4, 0.5) is 0 Å². The Morgan fingerprint density at radius 2 is 2.14 bits per heavy atom. The molecule has 1 N–H and O–H groups in total. The SMILES string of the molecule is COc1ccc(C(C)=NOCCCCC2COC(C)(C(=O)O)OC2C)cc1C. The van der Waals surface area contributed by atoms with E-state index >= 15 is 0 Å². The number of rotatable bonds is 9. The van der Waals surface area contributed by atoms with E-state index < -0.39 is 11.8 Å². The second-order valence-electron chi connectivity index (χ2n) is 7.34. The first-order chi connectivity index (χ1) is 13.3. The van der Waals surface area contributed by atoms with Crippen LogP contribution >= 0.6 is 0 Å². The van der Waals surface area contributed by atoms with Gasteiger partial charge in [-0.2, -0.15) is 0 Å². The number of aryl methyl sites for hydroxylation is 1. The maximum Gasteiger partial charge on any atom is 0.364 e. The number of hydrogen-bond donors (Lipinski definition) is 1. The zero-order chi connectivity index (χ0) is 20.7. The molecule has 0 radical (unpaired) electrons. The Morgan fingerprint density at radius 1 is 1.39 bits per heavy atom. The van der Waals surface area contributed by atoms with Gasteiger partial charge in [0.15, 0.2) is 0 Å². The molecule has 1 aromatic carbocycles. The van der Waals surface area contributed by atoms with E-state index in [2.05, 4.69) is 5.16 Å². The molecule has 28 heavy (non-hydrogen) atoms. The number of carboxylic acids is 1. The molecular weight excluding hydrogens is 362 g/mol. The van der Waals surface area contributed by atoms with E-state index in [1.54, 1.807) is 7.11 Å². The second-order valence-corrected chi connectivity index (χ2v) is 7.34. The van der Waals surface area contributed by atoms with Crippen LogP contribution in [0.1, 0.15) is 51.2 Å². The number of carbonyl (C=O) groups is 1. The number of unbranched alkanes of at least 4 members (excludes halogenated alkanes) is 1. The van der Waals surface area contributed by atoms with Crippen LogP contribution in [-0.4, -0.2) is 49.0 Å². The summed E-state index contributed by atoms with van der Waals surface area (Å²) in [5.41, 5.74) is 2.88. The van der Waals surface area contributed by atoms with Crippen molar-refractivity contribution in [3.8, 4) is 5.75 Å². The van der Waals surface area contributed by atoms with E-state index in [0.717, 1.165) is 41.9 Å². The van der Waals surface area contributed by atoms with Gasteiger partial charge in [-0.15, -0.1) is 0 Å². The number of hydrogen-bond acceptors (Lipinski definition) is 6. The molecule has 7 heteroatoms. The molecular formula is C21H31NO6. The van der Waals surface area contributed by atoms with Gasteiger partial charge in [0, 0.05) is 12.8 Å². The highest BCUT2D eigenvalue weighted by Gasteiger charge is 2.43. The van der Waals surface area contributed by atoms with Gasteiger partial charge in [0.2, 0.25) is 0 Å². The topological polar surface area (TPSA) is 86.6 Å². The van der Waals surface area contributed by atoms with E-state index in [9.17, 15) is 4.79 Å². The lowest BCUT2D eigenvalue weighted by atomic mass is 9.96. The molecule has 1 aliphatic heterocycles. The third-order valence-electron chi connectivity index (χ3n) is 5.11. The summed E-state index contributed by atoms with van der Waals surface area (Å²) in [6.07, 6.45) is 2.52. The molecule has 3 atom stereocenters. The van der Waals surface area contributed by atoms with Gasteiger partial charge in [0.05, 0.1) is 25.5 Å². The summed E-state index contributed by atoms with van der Waals surface area (Å²) in [6, 6.07) is 5.91. The van der Waals surface area contributed by atoms with Crippen molar-refractivity contribution in [3.63, 3.8) is 0 Å². The normalized spacial score (nSPS) is 25.4. The number of carboxylic acid groups (broad SMARTS) is 1. The maximum absolute atomic E-state index is 11.2. The smallest absolute Gasteiger partial charge is 0.364 e. The van der Waals surface area contributed by atoms with Crippen molar-refractivity contribution in [2.24, 2.45) is 11.1 Å². The van der Waals surface area contributed by atoms with Crippen LogP contribution in [0, 0.1) is 12.8 Å². The molecule has 1 heterocycles. The van der Waals surface area contributed by atoms with Crippen molar-refractivity contribution in [3.05, 3.63) is 29.3 Å². The number of oxime groups is 1. The molecule has 0 amide bonds. The van der Waals surface area contributed by atoms with E-state index in [-0.39, 0.29) is 12.0 Å². The summed E-state index contributed by atoms with van der Waals surface area (Å²) in [4.78, 5) is 16.6. The van der Waals surface area contributed by atoms with Crippen molar-refractivity contribution in [1.29, 1.82) is 0 Å². The minimum atomic E-state index is -1.54. The Balaban J connectivity index is 1.70. The largest absolute Gasteiger partial charge is 0.496 e. The summed E-state index contributed by atoms with van der Waals surface area (Å²) < 4.78 is 16.2. The Bertz CT molecular complexity index is 704. The number of methoxy groups -OCH3 is 1. The summed E-state index contributed by atoms with van der Waals surface area (Å²) in [7, 11) is 1.66. The van der Waals surface area contributed by atoms with Gasteiger partial charge in [0.25, 0.3) is 5.79 Å². The molecule has 7 nitrogen and oxygen atoms in total. The standard InChI is InChI=1S/C21H31NO6/c1-14-12-17(9-10-19(14)25-5)15(2)22-27-11-7-6-8-18-13-26-21(4,20(23)24)28-16(18)3/h9-10,12,16,18H,6-8,11,13H2,1-5H3,(H,23,24). The number of aliphatic carboxylic acids is 1. The highest BCUT2D eigenvalue weighted by Crippen LogP contribution is 2.29. The van der Waals surface area contributed by atoms with Crippen molar-refractivity contribution in [2.75, 3.05) is 20.3 Å². The van der Waals surface area contributed by atoms with Crippen molar-refractivity contribution >= 4 is 11.7 Å². The van der Waals surface area contributed by atoms with Gasteiger partial charge >= 0.3 is 5.97 Å². The zero-order valence-electron chi connectivity index (χ0n) is 17.4. The third kappa shape index (κ3) is 5.69. The van der Waals surface area contributed by atoms with Crippen molar-refractivity contribution < 1.29 is 28.9 Å². The van der Waals surface area contributed by atoms with Crippen molar-refractivity contribution in [2.45, 2.75) is 58.8 Å². The van der Waals surface area contributed by atoms with Crippen LogP contribution in [0.2, 0.25) is 0 Å². The van der Waals surface area contributed by atoms with Crippen LogP contribution < -0.4 is 4.74 Å². The number of ether oxygens (including phenoxy) is 3. The molecule has 1 fully saturated rings. The first kappa shape index (κ1) is 22.2. The minimum absolute atomic E-state index is 0.158. The number of nitrogens with zero attached hydrogens (tertiary/aromatic N) is 1. The summed E-state index contributed by atoms with van der Waals surface area (Å²) in [5.74, 6) is -1.59. The molecule has 0 aliphatic carbocycles. The first-order valence-electron chi connectivity index (χ1n) is 9.63. The Labute approximate surface area is 166 Å². The molecule has 1 aliphatic rings. The molecule has 1 saturated heterocycles. The average Bonchev–Trinajstić information content (AvgIpc) is 2.65. The predicted octanol–water partition coefficient (Wildman–Crippen LogP) is 3.77. The van der Waals surface area contributed by atoms with Gasteiger partial charge in [0.1, 0.15) is 12.4 Å². The van der Waals surface area contributed by atoms with E-state index in [0.29, 0.717) is 13.2 Å². The monoisotopic (exact) mass is 393 g/mol. The maximum atomic E-state index is 11.2. The Kier molecular flexibility index (Phi) is 7.83. The fourth-order valence-electron chi connectivity index (χ4n) is 3.19. The summed E-state index contributed by atoms with van der Waals surface area (Å²) in [6.45, 7) is 8.17. The molecule has 0 saturated carbocycles. The van der Waals surface area contributed by atoms with Crippen LogP contribution in [0.15, 0.2) is 23.4 Å². The highest BCUT2D eigenvalue weighted by atomic mass is 16.7. The fourth-order valence-corrected chi connectivity index (χ4v) is 3.19. The van der Waals surface area contributed by atoms with Crippen molar-refractivity contribution in [1.82, 2.24) is 0 Å². The first-order valence-corrected chi connectivity index (χ1v) is 9.63. The van der Waals surface area contributed by atoms with Gasteiger partial charge in [-0.05, 0) is 69.4 Å². The molecule has 1 aromatic rings. The Morgan fingerprint density at radius 3 is 2.75 bits per heavy atom. The van der Waals surface area contributed by atoms with E-state index in [4.69, 9.17) is 24.2 Å². The Hall–Kier alpha value is -2.12. The molecule has 0 spiro atoms. The average molecular weight is 393 g/mol. The van der Waals surface area contributed by atoms with Crippen LogP contribution in [0.5, 0.6) is 5.75 Å². The van der Waals surface area contributed by atoms with Crippen LogP contribution in [0.3, 0.4) is 0 Å². The molecule has 3 unspecified atom stereocenters. The molecule has 0 aromatic heterocycles. The lowest BCUT2D eigenvalue weighted by Crippen LogP contribution is -2.51. The van der Waals surface area contributed by atoms with Gasteiger partial charge in [-0.25, -0.2) is 4.79 Å². The third-order valence-corrected chi connectivity index (χ3v) is 5.11. The lowest BCUT2D eigenvalue weighted by molar-refractivity contribution is -0.292. The van der Waals surface area contributed by atoms with E-state index in [1.807, 2.05) is 39.0 Å². The van der Waals surface area contributed by atoms with Gasteiger partial charge in [-0.3, -0.25) is 0 Å². The summed E-state index contributed by atoms with van der Waals surface area (Å²) >= 11 is 0. The lowest BCUT2D eigenvalue weighted by Gasteiger charge is -2.39. The summed E-state index contributed by atoms with van der Waals surface area (Å²) in [5, 5.41) is 13.3. The minimum Gasteiger partial charge on any atom is -0.496 e. The fraction of sp³-hybridized carbons (Fsp3) is 0.619. The van der Waals surface area contributed by atoms with E-state index in [1.165, 1.54) is 6.92 Å². The van der Waals surface area contributed by atoms with Gasteiger partial charge in [-0.1, -0.05) is 5.16 Å². The molecule has 0 bridgehead atoms. The van der Waals surface area contributed by atoms with Crippen LogP contribution in [-0.2, 0) is 19.1 Å². The van der Waals surface area contributed by atoms with Crippen LogP contribution in [0.25, 0.3) is 0 Å². The quantitative estimate of drug-likeness (QED) is 0.390. The van der Waals surface area contributed by atoms with Gasteiger partial charge < -0.3 is 24.2 Å². The number of benzene rings is 1. The second kappa shape index (κ2) is 9.89. The zero-order valence-corrected chi connectivity index (χ0v) is 17.4. The predicted molar refractivity (Wildman–Crippen MR) is 106 cm³/mol. The molecule has 156 valence electrons.